The number of hydrogen-bond acceptors (Lipinski definition) is 8. The summed E-state index contributed by atoms with van der Waals surface area (Å²) in [7, 11) is 1.40. The van der Waals surface area contributed by atoms with E-state index in [1.807, 2.05) is 0 Å². The molecule has 1 aromatic carbocycles. The third-order valence-electron chi connectivity index (χ3n) is 4.67. The SMILES string of the molecule is COc1cnc(C(=O)CNc2ccc(F)c(C3(C)N=C(N)COC3C(F)(F)F)c2)cn1. The highest BCUT2D eigenvalue weighted by molar-refractivity contribution is 5.97. The average molecular weight is 441 g/mol. The van der Waals surface area contributed by atoms with Crippen LogP contribution in [0.2, 0.25) is 0 Å². The lowest BCUT2D eigenvalue weighted by molar-refractivity contribution is -0.238. The van der Waals surface area contributed by atoms with Gasteiger partial charge >= 0.3 is 6.18 Å². The van der Waals surface area contributed by atoms with Crippen molar-refractivity contribution in [3.8, 4) is 5.88 Å². The van der Waals surface area contributed by atoms with E-state index in [9.17, 15) is 22.4 Å². The standard InChI is InChI=1S/C19H19F4N5O3/c1-18(17(19(21,22)23)31-9-15(24)28-18)11-5-10(3-4-12(11)20)25-7-14(29)13-6-27-16(30-2)8-26-13/h3-6,8,17,25H,7,9H2,1-2H3,(H2,24,28). The molecule has 0 spiro atoms. The fraction of sp³-hybridized carbons (Fsp3) is 0.368. The number of nitrogens with zero attached hydrogens (tertiary/aromatic N) is 3. The number of hydrogen-bond donors (Lipinski definition) is 2. The van der Waals surface area contributed by atoms with Crippen molar-refractivity contribution in [1.82, 2.24) is 9.97 Å². The lowest BCUT2D eigenvalue weighted by Crippen LogP contribution is -2.53. The molecular formula is C19H19F4N5O3. The molecule has 1 aliphatic rings. The number of rotatable bonds is 6. The van der Waals surface area contributed by atoms with Gasteiger partial charge in [-0.05, 0) is 25.1 Å². The number of ketones is 1. The number of anilines is 1. The molecule has 2 heterocycles. The molecule has 2 atom stereocenters. The maximum atomic E-state index is 14.6. The minimum absolute atomic E-state index is 0.0535. The van der Waals surface area contributed by atoms with E-state index in [1.54, 1.807) is 0 Å². The Hall–Kier alpha value is -3.28. The number of aromatic nitrogens is 2. The molecule has 0 saturated heterocycles. The highest BCUT2D eigenvalue weighted by Crippen LogP contribution is 2.43. The number of nitrogens with one attached hydrogen (secondary N) is 1. The van der Waals surface area contributed by atoms with Gasteiger partial charge in [0.15, 0.2) is 6.10 Å². The number of ether oxygens (including phenoxy) is 2. The monoisotopic (exact) mass is 441 g/mol. The third kappa shape index (κ3) is 4.74. The molecule has 0 aliphatic carbocycles. The van der Waals surface area contributed by atoms with Gasteiger partial charge in [-0.15, -0.1) is 0 Å². The maximum Gasteiger partial charge on any atom is 0.417 e. The summed E-state index contributed by atoms with van der Waals surface area (Å²) in [6.45, 7) is 0.321. The molecule has 0 amide bonds. The number of amidine groups is 1. The number of Topliss-reactive ketones (excluding diaryl/α,β-unsaturated/α-hetero) is 1. The summed E-state index contributed by atoms with van der Waals surface area (Å²) in [5.41, 5.74) is 3.31. The van der Waals surface area contributed by atoms with Crippen LogP contribution in [-0.4, -0.2) is 54.1 Å². The number of aliphatic imine (C=N–C) groups is 1. The Morgan fingerprint density at radius 1 is 1.35 bits per heavy atom. The lowest BCUT2D eigenvalue weighted by atomic mass is 9.84. The van der Waals surface area contributed by atoms with Crippen molar-refractivity contribution in [3.05, 3.63) is 47.7 Å². The Kier molecular flexibility index (Phi) is 6.11. The van der Waals surface area contributed by atoms with Crippen LogP contribution in [0.4, 0.5) is 23.2 Å². The molecule has 166 valence electrons. The van der Waals surface area contributed by atoms with Crippen LogP contribution in [0, 0.1) is 5.82 Å². The van der Waals surface area contributed by atoms with E-state index in [2.05, 4.69) is 20.3 Å². The van der Waals surface area contributed by atoms with E-state index >= 15 is 0 Å². The molecule has 8 nitrogen and oxygen atoms in total. The molecule has 0 saturated carbocycles. The van der Waals surface area contributed by atoms with Crippen molar-refractivity contribution >= 4 is 17.3 Å². The molecule has 2 aromatic rings. The van der Waals surface area contributed by atoms with Gasteiger partial charge in [-0.1, -0.05) is 0 Å². The summed E-state index contributed by atoms with van der Waals surface area (Å²) in [6, 6.07) is 3.41. The number of halogens is 4. The predicted molar refractivity (Wildman–Crippen MR) is 103 cm³/mol. The fourth-order valence-corrected chi connectivity index (χ4v) is 3.20. The van der Waals surface area contributed by atoms with Crippen LogP contribution in [0.25, 0.3) is 0 Å². The average Bonchev–Trinajstić information content (AvgIpc) is 2.71. The van der Waals surface area contributed by atoms with Crippen molar-refractivity contribution in [2.75, 3.05) is 25.6 Å². The lowest BCUT2D eigenvalue weighted by Gasteiger charge is -2.39. The van der Waals surface area contributed by atoms with Crippen LogP contribution in [-0.2, 0) is 10.3 Å². The van der Waals surface area contributed by atoms with Crippen LogP contribution in [0.3, 0.4) is 0 Å². The normalized spacial score (nSPS) is 21.4. The smallest absolute Gasteiger partial charge is 0.417 e. The number of carbonyl (C=O) groups excluding carboxylic acids is 1. The van der Waals surface area contributed by atoms with Crippen molar-refractivity contribution < 1.29 is 31.8 Å². The minimum Gasteiger partial charge on any atom is -0.480 e. The molecule has 3 N–H and O–H groups in total. The molecular weight excluding hydrogens is 422 g/mol. The van der Waals surface area contributed by atoms with Crippen LogP contribution in [0.5, 0.6) is 5.88 Å². The number of alkyl halides is 3. The Bertz CT molecular complexity index is 997. The molecule has 2 unspecified atom stereocenters. The Morgan fingerprint density at radius 2 is 2.10 bits per heavy atom. The molecule has 1 aliphatic heterocycles. The zero-order valence-corrected chi connectivity index (χ0v) is 16.5. The second-order valence-corrected chi connectivity index (χ2v) is 6.90. The summed E-state index contributed by atoms with van der Waals surface area (Å²) in [5, 5.41) is 2.74. The van der Waals surface area contributed by atoms with Gasteiger partial charge in [-0.25, -0.2) is 14.4 Å². The van der Waals surface area contributed by atoms with Gasteiger partial charge in [-0.3, -0.25) is 9.79 Å². The number of methoxy groups -OCH3 is 1. The molecule has 12 heteroatoms. The quantitative estimate of drug-likeness (QED) is 0.523. The van der Waals surface area contributed by atoms with Gasteiger partial charge < -0.3 is 20.5 Å². The van der Waals surface area contributed by atoms with Crippen LogP contribution >= 0.6 is 0 Å². The van der Waals surface area contributed by atoms with E-state index in [1.165, 1.54) is 25.6 Å². The topological polar surface area (TPSA) is 112 Å². The fourth-order valence-electron chi connectivity index (χ4n) is 3.20. The van der Waals surface area contributed by atoms with Gasteiger partial charge in [0.05, 0.1) is 26.0 Å². The van der Waals surface area contributed by atoms with E-state index in [0.29, 0.717) is 0 Å². The van der Waals surface area contributed by atoms with Gasteiger partial charge in [0, 0.05) is 11.3 Å². The molecule has 31 heavy (non-hydrogen) atoms. The Labute approximate surface area is 174 Å². The summed E-state index contributed by atoms with van der Waals surface area (Å²) in [5.74, 6) is -1.32. The van der Waals surface area contributed by atoms with Crippen molar-refractivity contribution in [2.45, 2.75) is 24.7 Å². The van der Waals surface area contributed by atoms with Crippen molar-refractivity contribution in [3.63, 3.8) is 0 Å². The maximum absolute atomic E-state index is 14.6. The van der Waals surface area contributed by atoms with E-state index < -0.39 is 36.0 Å². The second-order valence-electron chi connectivity index (χ2n) is 6.90. The Balaban J connectivity index is 1.85. The third-order valence-corrected chi connectivity index (χ3v) is 4.67. The zero-order chi connectivity index (χ0) is 22.8. The first-order chi connectivity index (χ1) is 14.5. The number of carbonyl (C=O) groups is 1. The van der Waals surface area contributed by atoms with Crippen molar-refractivity contribution in [2.24, 2.45) is 10.7 Å². The van der Waals surface area contributed by atoms with Gasteiger partial charge in [0.25, 0.3) is 0 Å². The Morgan fingerprint density at radius 3 is 2.71 bits per heavy atom. The molecule has 0 bridgehead atoms. The van der Waals surface area contributed by atoms with E-state index in [-0.39, 0.29) is 35.2 Å². The van der Waals surface area contributed by atoms with E-state index in [4.69, 9.17) is 15.2 Å². The zero-order valence-electron chi connectivity index (χ0n) is 16.5. The molecule has 1 aromatic heterocycles. The van der Waals surface area contributed by atoms with Crippen LogP contribution in [0.1, 0.15) is 23.0 Å². The van der Waals surface area contributed by atoms with Crippen LogP contribution < -0.4 is 15.8 Å². The van der Waals surface area contributed by atoms with E-state index in [0.717, 1.165) is 19.1 Å². The summed E-state index contributed by atoms with van der Waals surface area (Å²) < 4.78 is 64.9. The largest absolute Gasteiger partial charge is 0.480 e. The van der Waals surface area contributed by atoms with Gasteiger partial charge in [0.2, 0.25) is 11.7 Å². The predicted octanol–water partition coefficient (Wildman–Crippen LogP) is 2.45. The highest BCUT2D eigenvalue weighted by Gasteiger charge is 2.56. The second kappa shape index (κ2) is 8.46. The van der Waals surface area contributed by atoms with Crippen molar-refractivity contribution in [1.29, 1.82) is 0 Å². The summed E-state index contributed by atoms with van der Waals surface area (Å²) in [6.07, 6.45) is -4.71. The highest BCUT2D eigenvalue weighted by atomic mass is 19.4. The van der Waals surface area contributed by atoms with Crippen LogP contribution in [0.15, 0.2) is 35.6 Å². The molecule has 3 rings (SSSR count). The van der Waals surface area contributed by atoms with Gasteiger partial charge in [-0.2, -0.15) is 13.2 Å². The molecule has 0 fully saturated rings. The summed E-state index contributed by atoms with van der Waals surface area (Å²) >= 11 is 0. The first-order valence-electron chi connectivity index (χ1n) is 9.00. The van der Waals surface area contributed by atoms with Gasteiger partial charge in [0.1, 0.15) is 29.5 Å². The minimum atomic E-state index is -4.81. The molecule has 0 radical (unpaired) electrons. The number of nitrogens with two attached hydrogens (primary N) is 1. The summed E-state index contributed by atoms with van der Waals surface area (Å²) in [4.78, 5) is 23.9. The number of benzene rings is 1. The first-order valence-corrected chi connectivity index (χ1v) is 9.00. The first kappa shape index (κ1) is 22.4.